The van der Waals surface area contributed by atoms with Gasteiger partial charge in [-0.05, 0) is 25.8 Å². The Labute approximate surface area is 139 Å². The first-order valence-corrected chi connectivity index (χ1v) is 8.19. The third kappa shape index (κ3) is 2.46. The van der Waals surface area contributed by atoms with Crippen molar-refractivity contribution in [2.75, 3.05) is 13.1 Å². The van der Waals surface area contributed by atoms with Crippen LogP contribution in [0.4, 0.5) is 0 Å². The zero-order valence-electron chi connectivity index (χ0n) is 13.9. The second-order valence-corrected chi connectivity index (χ2v) is 6.36. The van der Waals surface area contributed by atoms with Crippen molar-refractivity contribution >= 4 is 16.9 Å². The molecular formula is C17H20N6O. The van der Waals surface area contributed by atoms with Crippen molar-refractivity contribution in [2.45, 2.75) is 25.8 Å². The molecule has 124 valence electrons. The number of nitrogens with zero attached hydrogens (tertiary/aromatic N) is 6. The van der Waals surface area contributed by atoms with Crippen molar-refractivity contribution in [1.29, 1.82) is 0 Å². The molecule has 0 radical (unpaired) electrons. The van der Waals surface area contributed by atoms with Crippen LogP contribution >= 0.6 is 0 Å². The number of pyridine rings is 1. The van der Waals surface area contributed by atoms with Crippen molar-refractivity contribution < 1.29 is 4.79 Å². The number of rotatable bonds is 2. The number of fused-ring (bicyclic) bond motifs is 1. The Hall–Kier alpha value is -2.70. The van der Waals surface area contributed by atoms with Gasteiger partial charge in [0, 0.05) is 44.1 Å². The highest BCUT2D eigenvalue weighted by Gasteiger charge is 2.26. The molecule has 24 heavy (non-hydrogen) atoms. The van der Waals surface area contributed by atoms with Gasteiger partial charge in [0.15, 0.2) is 5.65 Å². The summed E-state index contributed by atoms with van der Waals surface area (Å²) in [7, 11) is 1.87. The summed E-state index contributed by atoms with van der Waals surface area (Å²) in [5.41, 5.74) is 2.33. The summed E-state index contributed by atoms with van der Waals surface area (Å²) < 4.78 is 3.83. The molecule has 7 heteroatoms. The molecule has 3 aromatic heterocycles. The number of carbonyl (C=O) groups excluding carboxylic acids is 1. The van der Waals surface area contributed by atoms with Gasteiger partial charge in [0.25, 0.3) is 5.91 Å². The van der Waals surface area contributed by atoms with Gasteiger partial charge in [0.1, 0.15) is 0 Å². The van der Waals surface area contributed by atoms with Gasteiger partial charge < -0.3 is 9.47 Å². The number of piperidine rings is 1. The monoisotopic (exact) mass is 324 g/mol. The van der Waals surface area contributed by atoms with Gasteiger partial charge in [-0.25, -0.2) is 9.97 Å². The summed E-state index contributed by atoms with van der Waals surface area (Å²) in [6, 6.07) is 2.20. The van der Waals surface area contributed by atoms with E-state index in [1.807, 2.05) is 37.5 Å². The fraction of sp³-hybridized carbons (Fsp3) is 0.412. The van der Waals surface area contributed by atoms with Gasteiger partial charge >= 0.3 is 0 Å². The highest BCUT2D eigenvalue weighted by molar-refractivity contribution is 5.97. The van der Waals surface area contributed by atoms with E-state index >= 15 is 0 Å². The van der Waals surface area contributed by atoms with Crippen LogP contribution in [-0.2, 0) is 7.05 Å². The third-order valence-electron chi connectivity index (χ3n) is 4.74. The molecule has 1 aliphatic rings. The molecule has 0 N–H and O–H groups in total. The molecule has 0 bridgehead atoms. The highest BCUT2D eigenvalue weighted by Crippen LogP contribution is 2.24. The lowest BCUT2D eigenvalue weighted by molar-refractivity contribution is 0.0679. The number of imidazole rings is 1. The standard InChI is InChI=1S/C17H20N6O/c1-12-15-8-13(9-19-16(15)21(2)20-12)17(24)22-6-3-4-14(10-22)23-7-5-18-11-23/h5,7-9,11,14H,3-4,6,10H2,1-2H3. The first-order chi connectivity index (χ1) is 11.6. The van der Waals surface area contributed by atoms with E-state index < -0.39 is 0 Å². The SMILES string of the molecule is Cc1nn(C)c2ncc(C(=O)N3CCCC(n4ccnc4)C3)cc12. The van der Waals surface area contributed by atoms with Crippen LogP contribution in [-0.4, -0.2) is 48.2 Å². The Morgan fingerprint density at radius 1 is 1.38 bits per heavy atom. The summed E-state index contributed by atoms with van der Waals surface area (Å²) in [5, 5.41) is 5.30. The number of hydrogen-bond donors (Lipinski definition) is 0. The Morgan fingerprint density at radius 3 is 3.04 bits per heavy atom. The lowest BCUT2D eigenvalue weighted by atomic mass is 10.0. The number of likely N-dealkylation sites (tertiary alicyclic amines) is 1. The fourth-order valence-electron chi connectivity index (χ4n) is 3.48. The maximum Gasteiger partial charge on any atom is 0.255 e. The molecule has 0 aromatic carbocycles. The van der Waals surface area contributed by atoms with Crippen molar-refractivity contribution in [3.8, 4) is 0 Å². The van der Waals surface area contributed by atoms with Crippen LogP contribution in [0.15, 0.2) is 31.0 Å². The molecule has 1 atom stereocenters. The van der Waals surface area contributed by atoms with Crippen LogP contribution in [0.3, 0.4) is 0 Å². The van der Waals surface area contributed by atoms with Crippen LogP contribution < -0.4 is 0 Å². The fourth-order valence-corrected chi connectivity index (χ4v) is 3.48. The Kier molecular flexibility index (Phi) is 3.55. The normalized spacial score (nSPS) is 18.2. The largest absolute Gasteiger partial charge is 0.337 e. The number of amides is 1. The average molecular weight is 324 g/mol. The third-order valence-corrected chi connectivity index (χ3v) is 4.74. The molecule has 3 aromatic rings. The second kappa shape index (κ2) is 5.74. The summed E-state index contributed by atoms with van der Waals surface area (Å²) in [4.78, 5) is 23.4. The van der Waals surface area contributed by atoms with Gasteiger partial charge in [-0.3, -0.25) is 9.48 Å². The van der Waals surface area contributed by atoms with Gasteiger partial charge in [-0.1, -0.05) is 0 Å². The molecule has 0 saturated carbocycles. The van der Waals surface area contributed by atoms with E-state index in [9.17, 15) is 4.79 Å². The van der Waals surface area contributed by atoms with E-state index in [4.69, 9.17) is 0 Å². The summed E-state index contributed by atoms with van der Waals surface area (Å²) >= 11 is 0. The van der Waals surface area contributed by atoms with Crippen molar-refractivity contribution in [3.05, 3.63) is 42.2 Å². The number of aromatic nitrogens is 5. The van der Waals surface area contributed by atoms with E-state index in [1.54, 1.807) is 17.1 Å². The highest BCUT2D eigenvalue weighted by atomic mass is 16.2. The predicted molar refractivity (Wildman–Crippen MR) is 89.6 cm³/mol. The summed E-state index contributed by atoms with van der Waals surface area (Å²) in [6.07, 6.45) is 9.29. The maximum absolute atomic E-state index is 12.9. The van der Waals surface area contributed by atoms with E-state index in [0.29, 0.717) is 18.2 Å². The van der Waals surface area contributed by atoms with E-state index in [2.05, 4.69) is 19.6 Å². The molecule has 4 rings (SSSR count). The van der Waals surface area contributed by atoms with Gasteiger partial charge in [0.05, 0.1) is 23.6 Å². The molecule has 0 aliphatic carbocycles. The minimum Gasteiger partial charge on any atom is -0.337 e. The summed E-state index contributed by atoms with van der Waals surface area (Å²) in [5.74, 6) is 0.0393. The van der Waals surface area contributed by atoms with Crippen LogP contribution in [0.2, 0.25) is 0 Å². The van der Waals surface area contributed by atoms with Crippen LogP contribution in [0.25, 0.3) is 11.0 Å². The van der Waals surface area contributed by atoms with Crippen LogP contribution in [0.1, 0.15) is 34.9 Å². The topological polar surface area (TPSA) is 68.8 Å². The van der Waals surface area contributed by atoms with Gasteiger partial charge in [-0.15, -0.1) is 0 Å². The molecule has 1 amide bonds. The zero-order chi connectivity index (χ0) is 16.7. The molecule has 0 spiro atoms. The van der Waals surface area contributed by atoms with Crippen molar-refractivity contribution in [3.63, 3.8) is 0 Å². The maximum atomic E-state index is 12.9. The molecule has 4 heterocycles. The average Bonchev–Trinajstić information content (AvgIpc) is 3.23. The minimum absolute atomic E-state index is 0.0393. The predicted octanol–water partition coefficient (Wildman–Crippen LogP) is 1.95. The first kappa shape index (κ1) is 14.9. The lowest BCUT2D eigenvalue weighted by Gasteiger charge is -2.33. The molecule has 7 nitrogen and oxygen atoms in total. The number of hydrogen-bond acceptors (Lipinski definition) is 4. The number of aryl methyl sites for hydroxylation is 2. The van der Waals surface area contributed by atoms with E-state index in [-0.39, 0.29) is 5.91 Å². The first-order valence-electron chi connectivity index (χ1n) is 8.19. The molecule has 1 fully saturated rings. The Bertz CT molecular complexity index is 882. The molecular weight excluding hydrogens is 304 g/mol. The minimum atomic E-state index is 0.0393. The van der Waals surface area contributed by atoms with Crippen LogP contribution in [0.5, 0.6) is 0 Å². The Morgan fingerprint density at radius 2 is 2.25 bits per heavy atom. The summed E-state index contributed by atoms with van der Waals surface area (Å²) in [6.45, 7) is 3.43. The molecule has 1 unspecified atom stereocenters. The van der Waals surface area contributed by atoms with Gasteiger partial charge in [0.2, 0.25) is 0 Å². The van der Waals surface area contributed by atoms with E-state index in [1.165, 1.54) is 0 Å². The second-order valence-electron chi connectivity index (χ2n) is 6.36. The van der Waals surface area contributed by atoms with Gasteiger partial charge in [-0.2, -0.15) is 5.10 Å². The quantitative estimate of drug-likeness (QED) is 0.722. The van der Waals surface area contributed by atoms with E-state index in [0.717, 1.165) is 36.1 Å². The smallest absolute Gasteiger partial charge is 0.255 e. The van der Waals surface area contributed by atoms with Crippen LogP contribution in [0, 0.1) is 6.92 Å². The molecule has 1 aliphatic heterocycles. The lowest BCUT2D eigenvalue weighted by Crippen LogP contribution is -2.40. The molecule has 1 saturated heterocycles. The van der Waals surface area contributed by atoms with Crippen molar-refractivity contribution in [2.24, 2.45) is 7.05 Å². The zero-order valence-corrected chi connectivity index (χ0v) is 13.9. The van der Waals surface area contributed by atoms with Crippen molar-refractivity contribution in [1.82, 2.24) is 29.2 Å². The number of carbonyl (C=O) groups is 1. The Balaban J connectivity index is 1.60.